The molecule has 1 saturated carbocycles. The summed E-state index contributed by atoms with van der Waals surface area (Å²) < 4.78 is 0. The number of benzene rings is 1. The Kier molecular flexibility index (Phi) is 4.29. The van der Waals surface area contributed by atoms with Crippen molar-refractivity contribution in [3.63, 3.8) is 0 Å². The van der Waals surface area contributed by atoms with Crippen molar-refractivity contribution >= 4 is 16.8 Å². The lowest BCUT2D eigenvalue weighted by Gasteiger charge is -2.30. The normalized spacial score (nSPS) is 27.0. The Hall–Kier alpha value is -1.85. The van der Waals surface area contributed by atoms with Crippen molar-refractivity contribution in [3.8, 4) is 0 Å². The van der Waals surface area contributed by atoms with Gasteiger partial charge in [-0.05, 0) is 36.8 Å². The van der Waals surface area contributed by atoms with Gasteiger partial charge in [0, 0.05) is 35.7 Å². The van der Waals surface area contributed by atoms with Crippen LogP contribution in [0, 0.1) is 5.92 Å². The summed E-state index contributed by atoms with van der Waals surface area (Å²) in [6, 6.07) is 8.39. The molecule has 2 aromatic rings. The molecule has 2 heterocycles. The number of rotatable bonds is 3. The first kappa shape index (κ1) is 15.7. The SMILES string of the molecule is NC1CCCCC1CNC(=O)C1Cc2c([nH]c3ccccc23)CN1. The van der Waals surface area contributed by atoms with E-state index in [1.54, 1.807) is 0 Å². The number of para-hydroxylation sites is 1. The summed E-state index contributed by atoms with van der Waals surface area (Å²) in [6.45, 7) is 1.42. The minimum atomic E-state index is -0.156. The highest BCUT2D eigenvalue weighted by Gasteiger charge is 2.28. The van der Waals surface area contributed by atoms with Crippen LogP contribution in [0.1, 0.15) is 36.9 Å². The second-order valence-corrected chi connectivity index (χ2v) is 7.22. The van der Waals surface area contributed by atoms with Gasteiger partial charge < -0.3 is 16.0 Å². The van der Waals surface area contributed by atoms with Gasteiger partial charge in [0.15, 0.2) is 0 Å². The Labute approximate surface area is 142 Å². The zero-order valence-electron chi connectivity index (χ0n) is 14.0. The van der Waals surface area contributed by atoms with Crippen molar-refractivity contribution in [2.75, 3.05) is 6.54 Å². The first-order valence-corrected chi connectivity index (χ1v) is 9.07. The van der Waals surface area contributed by atoms with Crippen molar-refractivity contribution in [3.05, 3.63) is 35.5 Å². The van der Waals surface area contributed by atoms with E-state index in [-0.39, 0.29) is 18.0 Å². The van der Waals surface area contributed by atoms with Gasteiger partial charge in [-0.2, -0.15) is 0 Å². The maximum absolute atomic E-state index is 12.6. The van der Waals surface area contributed by atoms with Crippen LogP contribution in [-0.4, -0.2) is 29.5 Å². The monoisotopic (exact) mass is 326 g/mol. The van der Waals surface area contributed by atoms with Crippen LogP contribution in [0.2, 0.25) is 0 Å². The number of amides is 1. The van der Waals surface area contributed by atoms with E-state index in [9.17, 15) is 4.79 Å². The Balaban J connectivity index is 1.41. The molecule has 128 valence electrons. The van der Waals surface area contributed by atoms with E-state index in [1.165, 1.54) is 29.5 Å². The molecule has 5 N–H and O–H groups in total. The van der Waals surface area contributed by atoms with Crippen molar-refractivity contribution < 1.29 is 4.79 Å². The van der Waals surface area contributed by atoms with E-state index in [1.807, 2.05) is 6.07 Å². The van der Waals surface area contributed by atoms with Crippen LogP contribution in [0.4, 0.5) is 0 Å². The van der Waals surface area contributed by atoms with Gasteiger partial charge >= 0.3 is 0 Å². The first-order valence-electron chi connectivity index (χ1n) is 9.07. The molecule has 4 rings (SSSR count). The van der Waals surface area contributed by atoms with Crippen LogP contribution in [-0.2, 0) is 17.8 Å². The number of hydrogen-bond donors (Lipinski definition) is 4. The molecule has 0 spiro atoms. The van der Waals surface area contributed by atoms with Crippen LogP contribution in [0.25, 0.3) is 10.9 Å². The largest absolute Gasteiger partial charge is 0.357 e. The molecule has 1 aromatic heterocycles. The van der Waals surface area contributed by atoms with Gasteiger partial charge in [0.2, 0.25) is 5.91 Å². The van der Waals surface area contributed by atoms with Gasteiger partial charge in [-0.1, -0.05) is 31.0 Å². The average molecular weight is 326 g/mol. The molecule has 2 aliphatic rings. The second-order valence-electron chi connectivity index (χ2n) is 7.22. The van der Waals surface area contributed by atoms with Crippen LogP contribution >= 0.6 is 0 Å². The molecular weight excluding hydrogens is 300 g/mol. The highest BCUT2D eigenvalue weighted by Crippen LogP contribution is 2.26. The van der Waals surface area contributed by atoms with E-state index < -0.39 is 0 Å². The lowest BCUT2D eigenvalue weighted by atomic mass is 9.85. The van der Waals surface area contributed by atoms with Gasteiger partial charge in [0.1, 0.15) is 0 Å². The van der Waals surface area contributed by atoms with Crippen molar-refractivity contribution in [1.29, 1.82) is 0 Å². The minimum Gasteiger partial charge on any atom is -0.357 e. The predicted octanol–water partition coefficient (Wildman–Crippen LogP) is 1.82. The van der Waals surface area contributed by atoms with Crippen LogP contribution in [0.5, 0.6) is 0 Å². The topological polar surface area (TPSA) is 82.9 Å². The molecule has 3 atom stereocenters. The van der Waals surface area contributed by atoms with E-state index in [2.05, 4.69) is 33.8 Å². The van der Waals surface area contributed by atoms with E-state index in [0.29, 0.717) is 19.0 Å². The molecule has 1 aliphatic heterocycles. The molecule has 1 amide bonds. The summed E-state index contributed by atoms with van der Waals surface area (Å²) in [5, 5.41) is 7.73. The number of aromatic nitrogens is 1. The zero-order chi connectivity index (χ0) is 16.5. The standard InChI is InChI=1S/C19H26N4O/c20-15-7-3-1-5-12(15)10-22-19(24)17-9-14-13-6-2-4-8-16(13)23-18(14)11-21-17/h2,4,6,8,12,15,17,21,23H,1,3,5,7,9-11,20H2,(H,22,24). The van der Waals surface area contributed by atoms with Gasteiger partial charge in [-0.15, -0.1) is 0 Å². The molecule has 0 radical (unpaired) electrons. The summed E-state index contributed by atoms with van der Waals surface area (Å²) in [6.07, 6.45) is 5.41. The molecule has 3 unspecified atom stereocenters. The summed E-state index contributed by atoms with van der Waals surface area (Å²) in [7, 11) is 0. The molecule has 24 heavy (non-hydrogen) atoms. The summed E-state index contributed by atoms with van der Waals surface area (Å²) in [5.74, 6) is 0.527. The zero-order valence-corrected chi connectivity index (χ0v) is 14.0. The molecular formula is C19H26N4O. The number of fused-ring (bicyclic) bond motifs is 3. The van der Waals surface area contributed by atoms with E-state index in [0.717, 1.165) is 24.8 Å². The lowest BCUT2D eigenvalue weighted by molar-refractivity contribution is -0.123. The number of aromatic amines is 1. The number of carbonyl (C=O) groups excluding carboxylic acids is 1. The Morgan fingerprint density at radius 3 is 2.96 bits per heavy atom. The molecule has 1 aliphatic carbocycles. The highest BCUT2D eigenvalue weighted by molar-refractivity contribution is 5.88. The fourth-order valence-corrected chi connectivity index (χ4v) is 4.17. The molecule has 5 heteroatoms. The highest BCUT2D eigenvalue weighted by atomic mass is 16.2. The Morgan fingerprint density at radius 2 is 2.08 bits per heavy atom. The molecule has 5 nitrogen and oxygen atoms in total. The molecule has 1 aromatic carbocycles. The summed E-state index contributed by atoms with van der Waals surface area (Å²) in [4.78, 5) is 16.0. The van der Waals surface area contributed by atoms with Gasteiger partial charge in [0.25, 0.3) is 0 Å². The van der Waals surface area contributed by atoms with Gasteiger partial charge in [-0.25, -0.2) is 0 Å². The smallest absolute Gasteiger partial charge is 0.237 e. The fraction of sp³-hybridized carbons (Fsp3) is 0.526. The third kappa shape index (κ3) is 2.94. The number of carbonyl (C=O) groups is 1. The molecule has 1 fully saturated rings. The van der Waals surface area contributed by atoms with E-state index in [4.69, 9.17) is 5.73 Å². The number of hydrogen-bond acceptors (Lipinski definition) is 3. The molecule has 0 bridgehead atoms. The maximum atomic E-state index is 12.6. The van der Waals surface area contributed by atoms with Crippen LogP contribution in [0.15, 0.2) is 24.3 Å². The summed E-state index contributed by atoms with van der Waals surface area (Å²) in [5.41, 5.74) is 9.82. The van der Waals surface area contributed by atoms with Crippen molar-refractivity contribution in [1.82, 2.24) is 15.6 Å². The van der Waals surface area contributed by atoms with Gasteiger partial charge in [0.05, 0.1) is 6.04 Å². The third-order valence-corrected chi connectivity index (χ3v) is 5.66. The number of nitrogens with two attached hydrogens (primary N) is 1. The predicted molar refractivity (Wildman–Crippen MR) is 95.6 cm³/mol. The second kappa shape index (κ2) is 6.57. The number of nitrogens with one attached hydrogen (secondary N) is 3. The van der Waals surface area contributed by atoms with Gasteiger partial charge in [-0.3, -0.25) is 10.1 Å². The molecule has 0 saturated heterocycles. The number of H-pyrrole nitrogens is 1. The van der Waals surface area contributed by atoms with Crippen molar-refractivity contribution in [2.45, 2.75) is 50.7 Å². The maximum Gasteiger partial charge on any atom is 0.237 e. The Morgan fingerprint density at radius 1 is 1.25 bits per heavy atom. The minimum absolute atomic E-state index is 0.101. The Bertz CT molecular complexity index is 738. The fourth-order valence-electron chi connectivity index (χ4n) is 4.17. The average Bonchev–Trinajstić information content (AvgIpc) is 2.98. The lowest BCUT2D eigenvalue weighted by Crippen LogP contribution is -2.50. The quantitative estimate of drug-likeness (QED) is 0.694. The van der Waals surface area contributed by atoms with E-state index >= 15 is 0 Å². The van der Waals surface area contributed by atoms with Crippen molar-refractivity contribution in [2.24, 2.45) is 11.7 Å². The summed E-state index contributed by atoms with van der Waals surface area (Å²) >= 11 is 0. The third-order valence-electron chi connectivity index (χ3n) is 5.66. The van der Waals surface area contributed by atoms with Crippen LogP contribution in [0.3, 0.4) is 0 Å². The first-order chi connectivity index (χ1) is 11.7. The van der Waals surface area contributed by atoms with Crippen LogP contribution < -0.4 is 16.4 Å².